The van der Waals surface area contributed by atoms with Crippen LogP contribution in [0.3, 0.4) is 0 Å². The number of rotatable bonds is 2. The molecule has 0 saturated carbocycles. The van der Waals surface area contributed by atoms with Crippen LogP contribution in [-0.2, 0) is 4.74 Å². The molecule has 0 amide bonds. The Balaban J connectivity index is 2.86. The minimum absolute atomic E-state index is 0.220. The van der Waals surface area contributed by atoms with Gasteiger partial charge in [0.05, 0.1) is 5.54 Å². The summed E-state index contributed by atoms with van der Waals surface area (Å²) >= 11 is 0. The molecule has 0 aromatic rings. The van der Waals surface area contributed by atoms with Gasteiger partial charge in [0, 0.05) is 0 Å². The first-order chi connectivity index (χ1) is 5.37. The van der Waals surface area contributed by atoms with Crippen LogP contribution in [0.25, 0.3) is 0 Å². The van der Waals surface area contributed by atoms with Crippen LogP contribution in [-0.4, -0.2) is 28.8 Å². The smallest absolute Gasteiger partial charge is 0.220 e. The van der Waals surface area contributed by atoms with Crippen LogP contribution in [0.1, 0.15) is 20.8 Å². The zero-order chi connectivity index (χ0) is 9.41. The summed E-state index contributed by atoms with van der Waals surface area (Å²) < 4.78 is 5.25. The monoisotopic (exact) mass is 169 g/mol. The molecule has 3 nitrogen and oxygen atoms in total. The molecule has 1 unspecified atom stereocenters. The predicted molar refractivity (Wildman–Crippen MR) is 48.3 cm³/mol. The van der Waals surface area contributed by atoms with Crippen molar-refractivity contribution < 1.29 is 9.84 Å². The lowest BCUT2D eigenvalue weighted by atomic mass is 10.1. The number of hydrogen-bond donors (Lipinski definition) is 1. The first kappa shape index (κ1) is 9.26. The van der Waals surface area contributed by atoms with E-state index in [0.29, 0.717) is 12.5 Å². The van der Waals surface area contributed by atoms with Gasteiger partial charge in [-0.15, -0.1) is 0 Å². The van der Waals surface area contributed by atoms with Crippen LogP contribution in [0.15, 0.2) is 17.6 Å². The van der Waals surface area contributed by atoms with E-state index in [1.165, 1.54) is 6.08 Å². The van der Waals surface area contributed by atoms with Crippen molar-refractivity contribution in [2.24, 2.45) is 4.99 Å². The molecule has 0 fully saturated rings. The minimum atomic E-state index is -1.13. The van der Waals surface area contributed by atoms with E-state index in [1.54, 1.807) is 6.92 Å². The summed E-state index contributed by atoms with van der Waals surface area (Å²) in [5, 5.41) is 9.68. The van der Waals surface area contributed by atoms with Crippen molar-refractivity contribution in [2.75, 3.05) is 6.61 Å². The molecule has 1 N–H and O–H groups in total. The third-order valence-electron chi connectivity index (χ3n) is 1.80. The highest BCUT2D eigenvalue weighted by atomic mass is 16.5. The van der Waals surface area contributed by atoms with Crippen molar-refractivity contribution in [3.8, 4) is 0 Å². The van der Waals surface area contributed by atoms with Gasteiger partial charge in [-0.3, -0.25) is 0 Å². The van der Waals surface area contributed by atoms with Crippen molar-refractivity contribution in [1.82, 2.24) is 0 Å². The Labute approximate surface area is 72.8 Å². The Bertz CT molecular complexity index is 229. The van der Waals surface area contributed by atoms with Crippen molar-refractivity contribution in [3.05, 3.63) is 12.7 Å². The third kappa shape index (κ3) is 1.67. The van der Waals surface area contributed by atoms with Crippen LogP contribution in [0, 0.1) is 0 Å². The van der Waals surface area contributed by atoms with Gasteiger partial charge in [-0.2, -0.15) is 0 Å². The lowest BCUT2D eigenvalue weighted by Gasteiger charge is -2.16. The molecule has 68 valence electrons. The Kier molecular flexibility index (Phi) is 2.00. The molecule has 12 heavy (non-hydrogen) atoms. The van der Waals surface area contributed by atoms with Gasteiger partial charge in [0.1, 0.15) is 6.61 Å². The van der Waals surface area contributed by atoms with Gasteiger partial charge in [-0.25, -0.2) is 4.99 Å². The van der Waals surface area contributed by atoms with Gasteiger partial charge >= 0.3 is 0 Å². The van der Waals surface area contributed by atoms with E-state index in [-0.39, 0.29) is 5.54 Å². The second kappa shape index (κ2) is 2.59. The van der Waals surface area contributed by atoms with Gasteiger partial charge in [0.25, 0.3) is 0 Å². The lowest BCUT2D eigenvalue weighted by Crippen LogP contribution is -2.32. The van der Waals surface area contributed by atoms with Gasteiger partial charge in [0.2, 0.25) is 5.90 Å². The summed E-state index contributed by atoms with van der Waals surface area (Å²) in [5.41, 5.74) is -1.35. The molecule has 0 radical (unpaired) electrons. The van der Waals surface area contributed by atoms with Crippen molar-refractivity contribution in [2.45, 2.75) is 31.9 Å². The molecule has 1 rings (SSSR count). The maximum Gasteiger partial charge on any atom is 0.220 e. The standard InChI is InChI=1S/C9H15NO2/c1-5-9(4,11)7-10-8(2,3)6-12-7/h5,11H,1,6H2,2-4H3. The average molecular weight is 169 g/mol. The zero-order valence-electron chi connectivity index (χ0n) is 7.79. The predicted octanol–water partition coefficient (Wildman–Crippen LogP) is 1.13. The van der Waals surface area contributed by atoms with Crippen LogP contribution in [0.4, 0.5) is 0 Å². The number of nitrogens with zero attached hydrogens (tertiary/aromatic N) is 1. The zero-order valence-corrected chi connectivity index (χ0v) is 7.79. The quantitative estimate of drug-likeness (QED) is 0.629. The summed E-state index contributed by atoms with van der Waals surface area (Å²) in [5.74, 6) is 0.363. The van der Waals surface area contributed by atoms with Crippen LogP contribution < -0.4 is 0 Å². The Morgan fingerprint density at radius 3 is 2.67 bits per heavy atom. The van der Waals surface area contributed by atoms with E-state index in [4.69, 9.17) is 4.74 Å². The molecule has 1 aliphatic heterocycles. The molecule has 1 atom stereocenters. The topological polar surface area (TPSA) is 41.8 Å². The number of aliphatic hydroxyl groups is 1. The van der Waals surface area contributed by atoms with Crippen LogP contribution in [0.2, 0.25) is 0 Å². The summed E-state index contributed by atoms with van der Waals surface area (Å²) in [4.78, 5) is 4.24. The van der Waals surface area contributed by atoms with Gasteiger partial charge in [0.15, 0.2) is 5.60 Å². The fraction of sp³-hybridized carbons (Fsp3) is 0.667. The number of hydrogen-bond acceptors (Lipinski definition) is 3. The van der Waals surface area contributed by atoms with Crippen molar-refractivity contribution >= 4 is 5.90 Å². The van der Waals surface area contributed by atoms with Crippen molar-refractivity contribution in [3.63, 3.8) is 0 Å². The summed E-state index contributed by atoms with van der Waals surface area (Å²) in [6.45, 7) is 9.56. The highest BCUT2D eigenvalue weighted by Crippen LogP contribution is 2.22. The molecular weight excluding hydrogens is 154 g/mol. The summed E-state index contributed by atoms with van der Waals surface area (Å²) in [6, 6.07) is 0. The third-order valence-corrected chi connectivity index (χ3v) is 1.80. The molecule has 0 saturated heterocycles. The second-order valence-electron chi connectivity index (χ2n) is 3.87. The summed E-state index contributed by atoms with van der Waals surface area (Å²) in [6.07, 6.45) is 1.42. The Hall–Kier alpha value is -0.830. The van der Waals surface area contributed by atoms with E-state index in [2.05, 4.69) is 11.6 Å². The molecule has 0 spiro atoms. The highest BCUT2D eigenvalue weighted by Gasteiger charge is 2.35. The Morgan fingerprint density at radius 2 is 2.33 bits per heavy atom. The van der Waals surface area contributed by atoms with E-state index in [1.807, 2.05) is 13.8 Å². The fourth-order valence-corrected chi connectivity index (χ4v) is 0.931. The molecule has 0 aromatic carbocycles. The van der Waals surface area contributed by atoms with Gasteiger partial charge in [-0.05, 0) is 20.8 Å². The first-order valence-electron chi connectivity index (χ1n) is 3.96. The second-order valence-corrected chi connectivity index (χ2v) is 3.87. The SMILES string of the molecule is C=CC(C)(O)C1=NC(C)(C)CO1. The average Bonchev–Trinajstić information content (AvgIpc) is 2.31. The maximum absolute atomic E-state index is 9.68. The molecule has 0 aromatic heterocycles. The molecule has 1 aliphatic rings. The summed E-state index contributed by atoms with van der Waals surface area (Å²) in [7, 11) is 0. The molecule has 0 aliphatic carbocycles. The normalized spacial score (nSPS) is 25.5. The van der Waals surface area contributed by atoms with Gasteiger partial charge < -0.3 is 9.84 Å². The first-order valence-corrected chi connectivity index (χ1v) is 3.96. The van der Waals surface area contributed by atoms with Gasteiger partial charge in [-0.1, -0.05) is 12.7 Å². The van der Waals surface area contributed by atoms with E-state index in [0.717, 1.165) is 0 Å². The van der Waals surface area contributed by atoms with Crippen LogP contribution >= 0.6 is 0 Å². The maximum atomic E-state index is 9.68. The minimum Gasteiger partial charge on any atom is -0.476 e. The van der Waals surface area contributed by atoms with E-state index >= 15 is 0 Å². The number of aliphatic imine (C=N–C) groups is 1. The Morgan fingerprint density at radius 1 is 1.75 bits per heavy atom. The highest BCUT2D eigenvalue weighted by molar-refractivity contribution is 5.88. The molecule has 0 bridgehead atoms. The van der Waals surface area contributed by atoms with Crippen molar-refractivity contribution in [1.29, 1.82) is 0 Å². The van der Waals surface area contributed by atoms with Crippen LogP contribution in [0.5, 0.6) is 0 Å². The number of ether oxygens (including phenoxy) is 1. The lowest BCUT2D eigenvalue weighted by molar-refractivity contribution is 0.145. The van der Waals surface area contributed by atoms with E-state index < -0.39 is 5.60 Å². The fourth-order valence-electron chi connectivity index (χ4n) is 0.931. The molecule has 3 heteroatoms. The molecule has 1 heterocycles. The van der Waals surface area contributed by atoms with E-state index in [9.17, 15) is 5.11 Å². The molecular formula is C9H15NO2. The largest absolute Gasteiger partial charge is 0.476 e.